The van der Waals surface area contributed by atoms with Crippen LogP contribution in [0.3, 0.4) is 0 Å². The molecule has 1 aliphatic rings. The molecule has 25 heavy (non-hydrogen) atoms. The fourth-order valence-corrected chi connectivity index (χ4v) is 4.02. The van der Waals surface area contributed by atoms with Gasteiger partial charge in [0.05, 0.1) is 35.3 Å². The molecular formula is C17H22N6OS. The predicted molar refractivity (Wildman–Crippen MR) is 101 cm³/mol. The number of fused-ring (bicyclic) bond motifs is 1. The molecule has 0 aromatic carbocycles. The van der Waals surface area contributed by atoms with Crippen molar-refractivity contribution < 1.29 is 5.11 Å². The zero-order chi connectivity index (χ0) is 17.1. The summed E-state index contributed by atoms with van der Waals surface area (Å²) >= 11 is 1.67. The number of aliphatic hydroxyl groups is 1. The lowest BCUT2D eigenvalue weighted by Crippen LogP contribution is -2.23. The second-order valence-corrected chi connectivity index (χ2v) is 7.27. The van der Waals surface area contributed by atoms with Crippen LogP contribution in [0.15, 0.2) is 23.8 Å². The molecule has 1 fully saturated rings. The van der Waals surface area contributed by atoms with Gasteiger partial charge in [-0.15, -0.1) is 11.3 Å². The van der Waals surface area contributed by atoms with Gasteiger partial charge in [0.2, 0.25) is 5.95 Å². The summed E-state index contributed by atoms with van der Waals surface area (Å²) in [5.74, 6) is 1.48. The highest BCUT2D eigenvalue weighted by atomic mass is 32.1. The number of hydrogen-bond donors (Lipinski definition) is 3. The van der Waals surface area contributed by atoms with E-state index in [1.165, 1.54) is 32.1 Å². The van der Waals surface area contributed by atoms with Crippen molar-refractivity contribution in [3.05, 3.63) is 23.8 Å². The van der Waals surface area contributed by atoms with Crippen LogP contribution >= 0.6 is 11.3 Å². The molecule has 1 saturated carbocycles. The van der Waals surface area contributed by atoms with Crippen molar-refractivity contribution in [1.82, 2.24) is 19.7 Å². The van der Waals surface area contributed by atoms with Gasteiger partial charge in [-0.05, 0) is 24.3 Å². The Kier molecular flexibility index (Phi) is 4.80. The molecule has 8 heteroatoms. The summed E-state index contributed by atoms with van der Waals surface area (Å²) in [4.78, 5) is 9.31. The average molecular weight is 358 g/mol. The number of nitrogens with zero attached hydrogens (tertiary/aromatic N) is 4. The van der Waals surface area contributed by atoms with Crippen LogP contribution in [0, 0.1) is 0 Å². The van der Waals surface area contributed by atoms with Crippen molar-refractivity contribution in [2.45, 2.75) is 44.7 Å². The fourth-order valence-electron chi connectivity index (χ4n) is 3.24. The summed E-state index contributed by atoms with van der Waals surface area (Å²) in [5.41, 5.74) is 1.76. The summed E-state index contributed by atoms with van der Waals surface area (Å²) in [6, 6.07) is 2.52. The largest absolute Gasteiger partial charge is 0.394 e. The van der Waals surface area contributed by atoms with Crippen LogP contribution in [0.5, 0.6) is 0 Å². The van der Waals surface area contributed by atoms with Gasteiger partial charge >= 0.3 is 0 Å². The SMILES string of the molecule is OCCn1cc(Nc2nc(NC3CCCCC3)c3sccc3n2)cn1. The third-order valence-electron chi connectivity index (χ3n) is 4.47. The van der Waals surface area contributed by atoms with Gasteiger partial charge in [0.1, 0.15) is 5.82 Å². The Morgan fingerprint density at radius 2 is 2.12 bits per heavy atom. The third kappa shape index (κ3) is 3.74. The molecule has 132 valence electrons. The average Bonchev–Trinajstić information content (AvgIpc) is 3.26. The van der Waals surface area contributed by atoms with Gasteiger partial charge in [-0.2, -0.15) is 10.1 Å². The maximum Gasteiger partial charge on any atom is 0.229 e. The van der Waals surface area contributed by atoms with E-state index in [9.17, 15) is 0 Å². The first-order chi connectivity index (χ1) is 12.3. The molecule has 3 aromatic rings. The first-order valence-corrected chi connectivity index (χ1v) is 9.62. The molecule has 3 N–H and O–H groups in total. The topological polar surface area (TPSA) is 87.9 Å². The number of aromatic nitrogens is 4. The third-order valence-corrected chi connectivity index (χ3v) is 5.38. The van der Waals surface area contributed by atoms with E-state index < -0.39 is 0 Å². The fraction of sp³-hybridized carbons (Fsp3) is 0.471. The minimum atomic E-state index is 0.0634. The maximum absolute atomic E-state index is 8.99. The lowest BCUT2D eigenvalue weighted by molar-refractivity contribution is 0.269. The summed E-state index contributed by atoms with van der Waals surface area (Å²) < 4.78 is 2.79. The Morgan fingerprint density at radius 3 is 2.96 bits per heavy atom. The maximum atomic E-state index is 8.99. The predicted octanol–water partition coefficient (Wildman–Crippen LogP) is 3.37. The van der Waals surface area contributed by atoms with Crippen LogP contribution in [0.2, 0.25) is 0 Å². The highest BCUT2D eigenvalue weighted by Gasteiger charge is 2.17. The normalized spacial score (nSPS) is 15.6. The Balaban J connectivity index is 1.58. The van der Waals surface area contributed by atoms with E-state index in [-0.39, 0.29) is 6.61 Å². The van der Waals surface area contributed by atoms with Crippen molar-refractivity contribution in [2.75, 3.05) is 17.2 Å². The van der Waals surface area contributed by atoms with E-state index in [0.29, 0.717) is 18.5 Å². The zero-order valence-electron chi connectivity index (χ0n) is 14.0. The molecule has 7 nitrogen and oxygen atoms in total. The van der Waals surface area contributed by atoms with Crippen LogP contribution in [0.1, 0.15) is 32.1 Å². The zero-order valence-corrected chi connectivity index (χ0v) is 14.8. The number of anilines is 3. The molecule has 3 aromatic heterocycles. The van der Waals surface area contributed by atoms with E-state index in [0.717, 1.165) is 21.7 Å². The first kappa shape index (κ1) is 16.3. The molecule has 3 heterocycles. The molecule has 0 radical (unpaired) electrons. The Labute approximate surface area is 150 Å². The molecule has 0 amide bonds. The van der Waals surface area contributed by atoms with E-state index in [2.05, 4.69) is 26.1 Å². The summed E-state index contributed by atoms with van der Waals surface area (Å²) in [7, 11) is 0. The second-order valence-electron chi connectivity index (χ2n) is 6.35. The minimum absolute atomic E-state index is 0.0634. The lowest BCUT2D eigenvalue weighted by atomic mass is 9.95. The van der Waals surface area contributed by atoms with Crippen molar-refractivity contribution in [1.29, 1.82) is 0 Å². The van der Waals surface area contributed by atoms with Crippen LogP contribution in [0.4, 0.5) is 17.5 Å². The molecule has 0 unspecified atom stereocenters. The molecule has 1 aliphatic carbocycles. The van der Waals surface area contributed by atoms with Crippen molar-refractivity contribution >= 4 is 39.0 Å². The molecule has 4 rings (SSSR count). The Hall–Kier alpha value is -2.19. The van der Waals surface area contributed by atoms with Crippen LogP contribution in [-0.4, -0.2) is 37.5 Å². The summed E-state index contributed by atoms with van der Waals surface area (Å²) in [6.45, 7) is 0.536. The van der Waals surface area contributed by atoms with Gasteiger partial charge in [0, 0.05) is 12.2 Å². The smallest absolute Gasteiger partial charge is 0.229 e. The van der Waals surface area contributed by atoms with Crippen LogP contribution in [-0.2, 0) is 6.54 Å². The molecule has 0 bridgehead atoms. The lowest BCUT2D eigenvalue weighted by Gasteiger charge is -2.23. The highest BCUT2D eigenvalue weighted by Crippen LogP contribution is 2.30. The number of hydrogen-bond acceptors (Lipinski definition) is 7. The van der Waals surface area contributed by atoms with Crippen molar-refractivity contribution in [3.63, 3.8) is 0 Å². The molecule has 0 spiro atoms. The number of nitrogens with one attached hydrogen (secondary N) is 2. The van der Waals surface area contributed by atoms with Crippen molar-refractivity contribution in [2.24, 2.45) is 0 Å². The standard InChI is InChI=1S/C17H22N6OS/c24-8-7-23-11-13(10-18-23)20-17-21-14-6-9-25-15(14)16(22-17)19-12-4-2-1-3-5-12/h6,9-12,24H,1-5,7-8H2,(H2,19,20,21,22). The van der Waals surface area contributed by atoms with Gasteiger partial charge in [-0.25, -0.2) is 4.98 Å². The highest BCUT2D eigenvalue weighted by molar-refractivity contribution is 7.17. The van der Waals surface area contributed by atoms with Crippen molar-refractivity contribution in [3.8, 4) is 0 Å². The van der Waals surface area contributed by atoms with E-state index >= 15 is 0 Å². The van der Waals surface area contributed by atoms with Crippen LogP contribution < -0.4 is 10.6 Å². The monoisotopic (exact) mass is 358 g/mol. The van der Waals surface area contributed by atoms with E-state index in [1.54, 1.807) is 22.2 Å². The molecule has 0 saturated heterocycles. The van der Waals surface area contributed by atoms with Gasteiger partial charge in [0.15, 0.2) is 0 Å². The number of aliphatic hydroxyl groups excluding tert-OH is 1. The van der Waals surface area contributed by atoms with Gasteiger partial charge in [-0.1, -0.05) is 19.3 Å². The van der Waals surface area contributed by atoms with Crippen LogP contribution in [0.25, 0.3) is 10.2 Å². The summed E-state index contributed by atoms with van der Waals surface area (Å²) in [6.07, 6.45) is 9.86. The Bertz CT molecular complexity index is 839. The van der Waals surface area contributed by atoms with E-state index in [4.69, 9.17) is 10.1 Å². The minimum Gasteiger partial charge on any atom is -0.394 e. The Morgan fingerprint density at radius 1 is 1.24 bits per heavy atom. The molecule has 0 atom stereocenters. The second kappa shape index (κ2) is 7.37. The first-order valence-electron chi connectivity index (χ1n) is 8.74. The number of rotatable bonds is 6. The molecular weight excluding hydrogens is 336 g/mol. The quantitative estimate of drug-likeness (QED) is 0.626. The molecule has 0 aliphatic heterocycles. The van der Waals surface area contributed by atoms with E-state index in [1.807, 2.05) is 12.3 Å². The van der Waals surface area contributed by atoms with Gasteiger partial charge in [0.25, 0.3) is 0 Å². The van der Waals surface area contributed by atoms with Gasteiger partial charge < -0.3 is 15.7 Å². The number of thiophene rings is 1. The van der Waals surface area contributed by atoms with Gasteiger partial charge in [-0.3, -0.25) is 4.68 Å². The summed E-state index contributed by atoms with van der Waals surface area (Å²) in [5, 5.41) is 22.1.